The third-order valence-corrected chi connectivity index (χ3v) is 2.96. The Morgan fingerprint density at radius 3 is 2.56 bits per heavy atom. The first kappa shape index (κ1) is 17.0. The van der Waals surface area contributed by atoms with Crippen LogP contribution in [0.5, 0.6) is 0 Å². The maximum atomic E-state index is 10.3. The predicted molar refractivity (Wildman–Crippen MR) is 81.1 cm³/mol. The van der Waals surface area contributed by atoms with Gasteiger partial charge in [-0.3, -0.25) is 4.79 Å². The Bertz CT molecular complexity index is 291. The lowest BCUT2D eigenvalue weighted by Gasteiger charge is -1.92. The van der Waals surface area contributed by atoms with Gasteiger partial charge in [0, 0.05) is 17.9 Å². The molecule has 0 amide bonds. The molecule has 0 aliphatic heterocycles. The van der Waals surface area contributed by atoms with E-state index in [1.165, 1.54) is 0 Å². The molecule has 0 aliphatic rings. The number of aliphatic carboxylic acids is 1. The second-order valence-electron chi connectivity index (χ2n) is 4.35. The van der Waals surface area contributed by atoms with Crippen molar-refractivity contribution in [3.05, 3.63) is 36.5 Å². The van der Waals surface area contributed by atoms with Gasteiger partial charge in [-0.25, -0.2) is 0 Å². The Morgan fingerprint density at radius 2 is 1.89 bits per heavy atom. The largest absolute Gasteiger partial charge is 0.481 e. The number of hydrogen-bond donors (Lipinski definition) is 1. The zero-order valence-corrected chi connectivity index (χ0v) is 12.2. The molecule has 0 rings (SSSR count). The van der Waals surface area contributed by atoms with Gasteiger partial charge in [0.2, 0.25) is 0 Å². The van der Waals surface area contributed by atoms with Gasteiger partial charge in [0.05, 0.1) is 0 Å². The smallest absolute Gasteiger partial charge is 0.303 e. The van der Waals surface area contributed by atoms with Crippen LogP contribution in [0.4, 0.5) is 0 Å². The zero-order valence-electron chi connectivity index (χ0n) is 11.3. The first-order valence-corrected chi connectivity index (χ1v) is 7.56. The first-order chi connectivity index (χ1) is 8.63. The van der Waals surface area contributed by atoms with Gasteiger partial charge in [-0.05, 0) is 18.8 Å². The van der Waals surface area contributed by atoms with Crippen LogP contribution in [0, 0.1) is 5.92 Å². The van der Waals surface area contributed by atoms with Gasteiger partial charge < -0.3 is 5.11 Å². The van der Waals surface area contributed by atoms with Crippen molar-refractivity contribution < 1.29 is 9.90 Å². The Hall–Kier alpha value is -0.960. The molecular weight excluding hydrogens is 244 g/mol. The molecule has 0 atom stereocenters. The van der Waals surface area contributed by atoms with Crippen molar-refractivity contribution in [3.8, 4) is 0 Å². The van der Waals surface area contributed by atoms with Crippen molar-refractivity contribution >= 4 is 17.7 Å². The third kappa shape index (κ3) is 15.0. The molecule has 0 aromatic carbocycles. The molecular formula is C15H24O2S. The monoisotopic (exact) mass is 268 g/mol. The number of unbranched alkanes of at least 4 members (excludes halogenated alkanes) is 1. The molecule has 0 unspecified atom stereocenters. The minimum absolute atomic E-state index is 0.266. The van der Waals surface area contributed by atoms with Crippen LogP contribution in [0.25, 0.3) is 0 Å². The van der Waals surface area contributed by atoms with Gasteiger partial charge in [-0.2, -0.15) is 11.8 Å². The molecule has 0 aromatic rings. The van der Waals surface area contributed by atoms with Gasteiger partial charge >= 0.3 is 5.97 Å². The van der Waals surface area contributed by atoms with Crippen LogP contribution in [0.3, 0.4) is 0 Å². The summed E-state index contributed by atoms with van der Waals surface area (Å²) in [6.45, 7) is 4.32. The number of carboxylic acid groups (broad SMARTS) is 1. The maximum Gasteiger partial charge on any atom is 0.303 e. The van der Waals surface area contributed by atoms with E-state index in [-0.39, 0.29) is 6.42 Å². The Morgan fingerprint density at radius 1 is 1.17 bits per heavy atom. The number of rotatable bonds is 10. The Labute approximate surface area is 115 Å². The Kier molecular flexibility index (Phi) is 11.8. The lowest BCUT2D eigenvalue weighted by molar-refractivity contribution is -0.137. The number of allylic oxidation sites excluding steroid dienone is 4. The van der Waals surface area contributed by atoms with Crippen molar-refractivity contribution in [2.24, 2.45) is 5.92 Å². The van der Waals surface area contributed by atoms with E-state index in [2.05, 4.69) is 50.3 Å². The zero-order chi connectivity index (χ0) is 13.6. The molecule has 0 radical (unpaired) electrons. The van der Waals surface area contributed by atoms with E-state index in [0.29, 0.717) is 5.92 Å². The van der Waals surface area contributed by atoms with Crippen molar-refractivity contribution in [2.45, 2.75) is 33.1 Å². The molecule has 2 nitrogen and oxygen atoms in total. The van der Waals surface area contributed by atoms with Gasteiger partial charge in [-0.1, -0.05) is 50.3 Å². The number of hydrogen-bond acceptors (Lipinski definition) is 2. The normalized spacial score (nSPS) is 12.4. The summed E-state index contributed by atoms with van der Waals surface area (Å²) >= 11 is 1.85. The third-order valence-electron chi connectivity index (χ3n) is 2.10. The highest BCUT2D eigenvalue weighted by Crippen LogP contribution is 2.03. The number of carboxylic acids is 1. The minimum Gasteiger partial charge on any atom is -0.481 e. The summed E-state index contributed by atoms with van der Waals surface area (Å²) in [4.78, 5) is 10.3. The Balaban J connectivity index is 3.34. The average molecular weight is 268 g/mol. The fourth-order valence-electron chi connectivity index (χ4n) is 1.18. The topological polar surface area (TPSA) is 37.3 Å². The highest BCUT2D eigenvalue weighted by atomic mass is 32.2. The number of thioether (sulfide) groups is 1. The summed E-state index contributed by atoms with van der Waals surface area (Å²) in [5.74, 6) is 1.90. The molecule has 0 heterocycles. The fraction of sp³-hybridized carbons (Fsp3) is 0.533. The van der Waals surface area contributed by atoms with Crippen molar-refractivity contribution in [1.29, 1.82) is 0 Å². The lowest BCUT2D eigenvalue weighted by atomic mass is 10.2. The van der Waals surface area contributed by atoms with E-state index in [4.69, 9.17) is 5.11 Å². The van der Waals surface area contributed by atoms with Crippen molar-refractivity contribution in [3.63, 3.8) is 0 Å². The predicted octanol–water partition coefficient (Wildman–Crippen LogP) is 4.30. The second kappa shape index (κ2) is 12.5. The van der Waals surface area contributed by atoms with Gasteiger partial charge in [0.15, 0.2) is 0 Å². The summed E-state index contributed by atoms with van der Waals surface area (Å²) in [5.41, 5.74) is 0. The van der Waals surface area contributed by atoms with Crippen LogP contribution in [-0.2, 0) is 4.79 Å². The van der Waals surface area contributed by atoms with E-state index in [9.17, 15) is 4.79 Å². The highest BCUT2D eigenvalue weighted by molar-refractivity contribution is 7.99. The van der Waals surface area contributed by atoms with E-state index >= 15 is 0 Å². The molecule has 0 spiro atoms. The maximum absolute atomic E-state index is 10.3. The second-order valence-corrected chi connectivity index (χ2v) is 5.43. The molecule has 18 heavy (non-hydrogen) atoms. The van der Waals surface area contributed by atoms with E-state index in [0.717, 1.165) is 24.3 Å². The van der Waals surface area contributed by atoms with Gasteiger partial charge in [0.1, 0.15) is 0 Å². The van der Waals surface area contributed by atoms with Crippen LogP contribution >= 0.6 is 11.8 Å². The SMILES string of the molecule is CC(C)/C=C/C=C\CSC/C=C\CCCC(=O)O. The van der Waals surface area contributed by atoms with Crippen LogP contribution in [0.2, 0.25) is 0 Å². The summed E-state index contributed by atoms with van der Waals surface area (Å²) in [6, 6.07) is 0. The van der Waals surface area contributed by atoms with Crippen molar-refractivity contribution in [1.82, 2.24) is 0 Å². The molecule has 0 saturated heterocycles. The quantitative estimate of drug-likeness (QED) is 0.364. The molecule has 3 heteroatoms. The molecule has 0 saturated carbocycles. The minimum atomic E-state index is -0.711. The van der Waals surface area contributed by atoms with Crippen LogP contribution in [-0.4, -0.2) is 22.6 Å². The standard InChI is InChI=1S/C15H24O2S/c1-14(2)10-6-5-9-13-18-12-8-4-3-7-11-15(16)17/h4-6,8-10,14H,3,7,11-13H2,1-2H3,(H,16,17)/b8-4-,9-5-,10-6+. The summed E-state index contributed by atoms with van der Waals surface area (Å²) in [5, 5.41) is 8.45. The highest BCUT2D eigenvalue weighted by Gasteiger charge is 1.92. The average Bonchev–Trinajstić information content (AvgIpc) is 2.29. The van der Waals surface area contributed by atoms with E-state index in [1.807, 2.05) is 11.8 Å². The lowest BCUT2D eigenvalue weighted by Crippen LogP contribution is -1.92. The van der Waals surface area contributed by atoms with E-state index < -0.39 is 5.97 Å². The number of carbonyl (C=O) groups is 1. The molecule has 0 fully saturated rings. The fourth-order valence-corrected chi connectivity index (χ4v) is 1.84. The van der Waals surface area contributed by atoms with Gasteiger partial charge in [-0.15, -0.1) is 0 Å². The first-order valence-electron chi connectivity index (χ1n) is 6.40. The van der Waals surface area contributed by atoms with Gasteiger partial charge in [0.25, 0.3) is 0 Å². The van der Waals surface area contributed by atoms with Crippen LogP contribution in [0.15, 0.2) is 36.5 Å². The molecule has 0 aliphatic carbocycles. The molecule has 0 bridgehead atoms. The summed E-state index contributed by atoms with van der Waals surface area (Å²) < 4.78 is 0. The van der Waals surface area contributed by atoms with Crippen molar-refractivity contribution in [2.75, 3.05) is 11.5 Å². The molecule has 102 valence electrons. The molecule has 0 aromatic heterocycles. The van der Waals surface area contributed by atoms with Crippen LogP contribution < -0.4 is 0 Å². The van der Waals surface area contributed by atoms with Crippen LogP contribution in [0.1, 0.15) is 33.1 Å². The van der Waals surface area contributed by atoms with E-state index in [1.54, 1.807) is 0 Å². The summed E-state index contributed by atoms with van der Waals surface area (Å²) in [7, 11) is 0. The molecule has 1 N–H and O–H groups in total. The summed E-state index contributed by atoms with van der Waals surface area (Å²) in [6.07, 6.45) is 14.5.